The Bertz CT molecular complexity index is 1660. The van der Waals surface area contributed by atoms with Crippen LogP contribution in [0.1, 0.15) is 54.3 Å². The number of carbonyl (C=O) groups excluding carboxylic acids is 3. The fourth-order valence-corrected chi connectivity index (χ4v) is 6.50. The van der Waals surface area contributed by atoms with Crippen LogP contribution in [0, 0.1) is 0 Å². The van der Waals surface area contributed by atoms with Crippen LogP contribution in [0.4, 0.5) is 10.8 Å². The molecule has 246 valence electrons. The van der Waals surface area contributed by atoms with Crippen LogP contribution in [-0.2, 0) is 20.7 Å². The number of methoxy groups -OCH3 is 3. The van der Waals surface area contributed by atoms with Crippen LogP contribution in [0.15, 0.2) is 34.4 Å². The average molecular weight is 671 g/mol. The summed E-state index contributed by atoms with van der Waals surface area (Å²) in [6.45, 7) is 3.34. The van der Waals surface area contributed by atoms with E-state index in [1.807, 2.05) is 12.3 Å². The summed E-state index contributed by atoms with van der Waals surface area (Å²) < 4.78 is 22.1. The van der Waals surface area contributed by atoms with Crippen molar-refractivity contribution in [2.24, 2.45) is 0 Å². The number of aromatic nitrogens is 1. The predicted octanol–water partition coefficient (Wildman–Crippen LogP) is 4.67. The lowest BCUT2D eigenvalue weighted by atomic mass is 9.95. The van der Waals surface area contributed by atoms with Crippen molar-refractivity contribution in [1.29, 1.82) is 0 Å². The van der Waals surface area contributed by atoms with Gasteiger partial charge in [-0.1, -0.05) is 6.07 Å². The molecular formula is C32H38N4O8S2. The van der Waals surface area contributed by atoms with Gasteiger partial charge < -0.3 is 34.9 Å². The molecule has 2 amide bonds. The molecule has 0 radical (unpaired) electrons. The highest BCUT2D eigenvalue weighted by Crippen LogP contribution is 2.50. The zero-order valence-electron chi connectivity index (χ0n) is 26.6. The number of esters is 1. The zero-order valence-corrected chi connectivity index (χ0v) is 28.2. The number of hydrogen-bond donors (Lipinski definition) is 3. The van der Waals surface area contributed by atoms with Crippen LogP contribution in [0.2, 0.25) is 0 Å². The number of anilines is 2. The van der Waals surface area contributed by atoms with E-state index in [1.54, 1.807) is 37.9 Å². The normalized spacial score (nSPS) is 14.1. The first-order valence-electron chi connectivity index (χ1n) is 14.6. The second-order valence-corrected chi connectivity index (χ2v) is 12.2. The summed E-state index contributed by atoms with van der Waals surface area (Å²) in [5.74, 6) is 0.768. The van der Waals surface area contributed by atoms with Crippen molar-refractivity contribution >= 4 is 51.7 Å². The largest absolute Gasteiger partial charge is 0.493 e. The SMILES string of the molecule is CCOC(=O)c1csc(NC(=O)[C@H](CCSC)Nc2ccc3c(cc2=O)[C@@H](NC(C)=O)CCc2cc(OC)c(OC)c(OC)c2-3)n1. The second kappa shape index (κ2) is 15.8. The van der Waals surface area contributed by atoms with E-state index in [1.165, 1.54) is 32.6 Å². The van der Waals surface area contributed by atoms with Gasteiger partial charge in [-0.3, -0.25) is 14.4 Å². The summed E-state index contributed by atoms with van der Waals surface area (Å²) in [4.78, 5) is 55.7. The van der Waals surface area contributed by atoms with Gasteiger partial charge in [0.15, 0.2) is 22.3 Å². The van der Waals surface area contributed by atoms with E-state index in [4.69, 9.17) is 18.9 Å². The third kappa shape index (κ3) is 7.73. The summed E-state index contributed by atoms with van der Waals surface area (Å²) in [7, 11) is 4.61. The molecule has 3 aromatic rings. The molecular weight excluding hydrogens is 633 g/mol. The first kappa shape index (κ1) is 34.6. The van der Waals surface area contributed by atoms with E-state index in [9.17, 15) is 19.2 Å². The molecule has 4 rings (SSSR count). The number of hydrogen-bond acceptors (Lipinski definition) is 12. The number of carbonyl (C=O) groups is 3. The number of ether oxygens (including phenoxy) is 4. The van der Waals surface area contributed by atoms with Gasteiger partial charge in [0.25, 0.3) is 0 Å². The molecule has 0 bridgehead atoms. The Kier molecular flexibility index (Phi) is 11.9. The average Bonchev–Trinajstić information content (AvgIpc) is 3.38. The Hall–Kier alpha value is -4.30. The molecule has 1 aliphatic carbocycles. The Labute approximate surface area is 275 Å². The van der Waals surface area contributed by atoms with Crippen LogP contribution in [0.5, 0.6) is 17.2 Å². The number of fused-ring (bicyclic) bond motifs is 3. The molecule has 0 unspecified atom stereocenters. The minimum Gasteiger partial charge on any atom is -0.493 e. The molecule has 0 aliphatic heterocycles. The molecule has 0 fully saturated rings. The van der Waals surface area contributed by atoms with Crippen molar-refractivity contribution in [3.8, 4) is 28.4 Å². The van der Waals surface area contributed by atoms with Gasteiger partial charge >= 0.3 is 5.97 Å². The van der Waals surface area contributed by atoms with Crippen LogP contribution in [0.25, 0.3) is 11.1 Å². The van der Waals surface area contributed by atoms with Gasteiger partial charge in [0.1, 0.15) is 6.04 Å². The fourth-order valence-electron chi connectivity index (χ4n) is 5.34. The summed E-state index contributed by atoms with van der Waals surface area (Å²) in [5, 5.41) is 10.6. The predicted molar refractivity (Wildman–Crippen MR) is 180 cm³/mol. The van der Waals surface area contributed by atoms with Crippen molar-refractivity contribution in [3.63, 3.8) is 0 Å². The number of nitrogens with one attached hydrogen (secondary N) is 3. The third-order valence-corrected chi connectivity index (χ3v) is 8.79. The van der Waals surface area contributed by atoms with E-state index in [0.29, 0.717) is 53.4 Å². The summed E-state index contributed by atoms with van der Waals surface area (Å²) >= 11 is 2.67. The molecule has 0 saturated heterocycles. The van der Waals surface area contributed by atoms with Crippen molar-refractivity contribution in [2.45, 2.75) is 45.2 Å². The maximum absolute atomic E-state index is 13.8. The summed E-state index contributed by atoms with van der Waals surface area (Å²) in [5.41, 5.74) is 2.85. The highest BCUT2D eigenvalue weighted by molar-refractivity contribution is 7.98. The lowest BCUT2D eigenvalue weighted by molar-refractivity contribution is -0.120. The number of amides is 2. The van der Waals surface area contributed by atoms with Crippen molar-refractivity contribution < 1.29 is 33.3 Å². The standard InChI is InChI=1S/C32H38N4O8S2/c1-7-44-31(40)24-16-46-32(35-24)36-30(39)23(12-13-45-6)34-22-11-9-19-20(15-25(22)38)21(33-17(2)37)10-8-18-14-26(41-3)28(42-4)29(43-5)27(18)19/h9,11,14-16,21,23H,7-8,10,12-13H2,1-6H3,(H,33,37)(H,34,38)(H,35,36,39)/t21-,23-/m0/s1. The lowest BCUT2D eigenvalue weighted by Gasteiger charge is -2.19. The molecule has 46 heavy (non-hydrogen) atoms. The number of nitrogens with zero attached hydrogens (tertiary/aromatic N) is 1. The first-order chi connectivity index (χ1) is 22.1. The quantitative estimate of drug-likeness (QED) is 0.218. The van der Waals surface area contributed by atoms with Gasteiger partial charge in [0.05, 0.1) is 39.7 Å². The Morgan fingerprint density at radius 3 is 2.52 bits per heavy atom. The molecule has 3 N–H and O–H groups in total. The van der Waals surface area contributed by atoms with Crippen LogP contribution >= 0.6 is 23.1 Å². The number of aryl methyl sites for hydroxylation is 1. The monoisotopic (exact) mass is 670 g/mol. The van der Waals surface area contributed by atoms with Gasteiger partial charge in [0, 0.05) is 17.9 Å². The minimum atomic E-state index is -0.797. The molecule has 14 heteroatoms. The maximum atomic E-state index is 13.8. The number of thioether (sulfide) groups is 1. The summed E-state index contributed by atoms with van der Waals surface area (Å²) in [6, 6.07) is 5.55. The molecule has 12 nitrogen and oxygen atoms in total. The number of thiazole rings is 1. The van der Waals surface area contributed by atoms with E-state index < -0.39 is 24.0 Å². The van der Waals surface area contributed by atoms with Crippen molar-refractivity contribution in [2.75, 3.05) is 50.6 Å². The first-order valence-corrected chi connectivity index (χ1v) is 16.9. The van der Waals surface area contributed by atoms with Crippen molar-refractivity contribution in [3.05, 3.63) is 56.7 Å². The Morgan fingerprint density at radius 1 is 1.11 bits per heavy atom. The van der Waals surface area contributed by atoms with E-state index >= 15 is 0 Å². The van der Waals surface area contributed by atoms with Gasteiger partial charge in [-0.05, 0) is 73.1 Å². The maximum Gasteiger partial charge on any atom is 0.357 e. The Morgan fingerprint density at radius 2 is 1.87 bits per heavy atom. The molecule has 0 saturated carbocycles. The highest BCUT2D eigenvalue weighted by atomic mass is 32.2. The number of rotatable bonds is 13. The lowest BCUT2D eigenvalue weighted by Crippen LogP contribution is -2.36. The molecule has 1 aromatic heterocycles. The van der Waals surface area contributed by atoms with Gasteiger partial charge in [0.2, 0.25) is 23.0 Å². The second-order valence-electron chi connectivity index (χ2n) is 10.3. The van der Waals surface area contributed by atoms with Crippen LogP contribution in [-0.4, -0.2) is 68.8 Å². The molecule has 2 aromatic carbocycles. The topological polar surface area (TPSA) is 154 Å². The van der Waals surface area contributed by atoms with Gasteiger partial charge in [-0.15, -0.1) is 11.3 Å². The van der Waals surface area contributed by atoms with Gasteiger partial charge in [-0.25, -0.2) is 9.78 Å². The molecule has 2 atom stereocenters. The fraction of sp³-hybridized carbons (Fsp3) is 0.406. The molecule has 0 spiro atoms. The smallest absolute Gasteiger partial charge is 0.357 e. The molecule has 1 aliphatic rings. The van der Waals surface area contributed by atoms with Crippen LogP contribution < -0.4 is 35.6 Å². The highest BCUT2D eigenvalue weighted by Gasteiger charge is 2.30. The van der Waals surface area contributed by atoms with Crippen LogP contribution in [0.3, 0.4) is 0 Å². The minimum absolute atomic E-state index is 0.105. The summed E-state index contributed by atoms with van der Waals surface area (Å²) in [6.07, 6.45) is 3.42. The van der Waals surface area contributed by atoms with Gasteiger partial charge in [-0.2, -0.15) is 11.8 Å². The van der Waals surface area contributed by atoms with E-state index in [-0.39, 0.29) is 34.5 Å². The van der Waals surface area contributed by atoms with E-state index in [0.717, 1.165) is 22.5 Å². The Balaban J connectivity index is 1.78. The number of benzene rings is 1. The van der Waals surface area contributed by atoms with Crippen molar-refractivity contribution in [1.82, 2.24) is 10.3 Å². The van der Waals surface area contributed by atoms with E-state index in [2.05, 4.69) is 20.9 Å². The third-order valence-electron chi connectivity index (χ3n) is 7.39. The zero-order chi connectivity index (χ0) is 33.4. The molecule has 1 heterocycles.